The van der Waals surface area contributed by atoms with E-state index in [1.165, 1.54) is 6.08 Å². The summed E-state index contributed by atoms with van der Waals surface area (Å²) in [7, 11) is 3.12. The Morgan fingerprint density at radius 1 is 1.00 bits per heavy atom. The van der Waals surface area contributed by atoms with Gasteiger partial charge >= 0.3 is 0 Å². The minimum atomic E-state index is -0.259. The predicted molar refractivity (Wildman–Crippen MR) is 94.6 cm³/mol. The fourth-order valence-corrected chi connectivity index (χ4v) is 2.40. The highest BCUT2D eigenvalue weighted by Crippen LogP contribution is 2.31. The average molecular weight is 341 g/mol. The second-order valence-electron chi connectivity index (χ2n) is 5.33. The Balaban J connectivity index is 1.69. The molecule has 0 aliphatic carbocycles. The van der Waals surface area contributed by atoms with Gasteiger partial charge in [0.1, 0.15) is 24.7 Å². The highest BCUT2D eigenvalue weighted by molar-refractivity contribution is 6.02. The van der Waals surface area contributed by atoms with E-state index in [9.17, 15) is 4.79 Å². The molecule has 0 spiro atoms. The molecule has 1 heterocycles. The third-order valence-corrected chi connectivity index (χ3v) is 3.61. The van der Waals surface area contributed by atoms with Crippen molar-refractivity contribution in [2.45, 2.75) is 0 Å². The molecule has 6 heteroatoms. The highest BCUT2D eigenvalue weighted by Gasteiger charge is 2.11. The summed E-state index contributed by atoms with van der Waals surface area (Å²) in [5.74, 6) is 2.35. The van der Waals surface area contributed by atoms with E-state index in [2.05, 4.69) is 5.32 Å². The van der Waals surface area contributed by atoms with Crippen LogP contribution < -0.4 is 24.3 Å². The number of nitrogens with one attached hydrogen (secondary N) is 1. The predicted octanol–water partition coefficient (Wildman–Crippen LogP) is 3.13. The summed E-state index contributed by atoms with van der Waals surface area (Å²) in [4.78, 5) is 12.1. The number of benzene rings is 2. The maximum Gasteiger partial charge on any atom is 0.248 e. The molecule has 25 heavy (non-hydrogen) atoms. The molecule has 0 bridgehead atoms. The number of anilines is 1. The van der Waals surface area contributed by atoms with Crippen molar-refractivity contribution in [3.8, 4) is 23.0 Å². The fraction of sp³-hybridized carbons (Fsp3) is 0.211. The first-order valence-corrected chi connectivity index (χ1v) is 7.80. The highest BCUT2D eigenvalue weighted by atomic mass is 16.6. The van der Waals surface area contributed by atoms with E-state index in [0.717, 1.165) is 11.3 Å². The SMILES string of the molecule is COc1cc(NC(=O)/C=C/c2ccc3c(c2)OCCO3)cc(OC)c1. The van der Waals surface area contributed by atoms with Gasteiger partial charge in [0.25, 0.3) is 0 Å². The van der Waals surface area contributed by atoms with Crippen LogP contribution >= 0.6 is 0 Å². The van der Waals surface area contributed by atoms with Crippen LogP contribution in [0.25, 0.3) is 6.08 Å². The Morgan fingerprint density at radius 2 is 1.68 bits per heavy atom. The largest absolute Gasteiger partial charge is 0.497 e. The summed E-state index contributed by atoms with van der Waals surface area (Å²) in [5, 5.41) is 2.78. The van der Waals surface area contributed by atoms with Gasteiger partial charge in [0.15, 0.2) is 11.5 Å². The Morgan fingerprint density at radius 3 is 2.36 bits per heavy atom. The molecule has 0 fully saturated rings. The monoisotopic (exact) mass is 341 g/mol. The van der Waals surface area contributed by atoms with E-state index >= 15 is 0 Å². The van der Waals surface area contributed by atoms with Gasteiger partial charge < -0.3 is 24.3 Å². The number of hydrogen-bond donors (Lipinski definition) is 1. The second-order valence-corrected chi connectivity index (χ2v) is 5.33. The molecule has 1 aliphatic heterocycles. The standard InChI is InChI=1S/C19H19NO5/c1-22-15-10-14(11-16(12-15)23-2)20-19(21)6-4-13-3-5-17-18(9-13)25-8-7-24-17/h3-6,9-12H,7-8H2,1-2H3,(H,20,21)/b6-4+. The maximum absolute atomic E-state index is 12.1. The van der Waals surface area contributed by atoms with Gasteiger partial charge in [0.2, 0.25) is 5.91 Å². The summed E-state index contributed by atoms with van der Waals surface area (Å²) in [6, 6.07) is 10.7. The molecule has 3 rings (SSSR count). The van der Waals surface area contributed by atoms with Gasteiger partial charge in [-0.1, -0.05) is 6.07 Å². The summed E-state index contributed by atoms with van der Waals surface area (Å²) in [5.41, 5.74) is 1.44. The molecule has 0 saturated carbocycles. The third kappa shape index (κ3) is 4.23. The van der Waals surface area contributed by atoms with Crippen LogP contribution in [0.1, 0.15) is 5.56 Å². The number of ether oxygens (including phenoxy) is 4. The molecule has 1 amide bonds. The number of rotatable bonds is 5. The van der Waals surface area contributed by atoms with Crippen molar-refractivity contribution in [2.75, 3.05) is 32.8 Å². The van der Waals surface area contributed by atoms with Gasteiger partial charge in [-0.3, -0.25) is 4.79 Å². The van der Waals surface area contributed by atoms with Crippen LogP contribution in [0.15, 0.2) is 42.5 Å². The molecule has 0 unspecified atom stereocenters. The first-order valence-electron chi connectivity index (χ1n) is 7.80. The normalized spacial score (nSPS) is 12.7. The number of carbonyl (C=O) groups excluding carboxylic acids is 1. The number of fused-ring (bicyclic) bond motifs is 1. The van der Waals surface area contributed by atoms with Crippen molar-refractivity contribution >= 4 is 17.7 Å². The van der Waals surface area contributed by atoms with Crippen molar-refractivity contribution in [1.82, 2.24) is 0 Å². The van der Waals surface area contributed by atoms with Crippen molar-refractivity contribution in [2.24, 2.45) is 0 Å². The van der Waals surface area contributed by atoms with E-state index in [4.69, 9.17) is 18.9 Å². The van der Waals surface area contributed by atoms with Crippen LogP contribution in [0, 0.1) is 0 Å². The summed E-state index contributed by atoms with van der Waals surface area (Å²) >= 11 is 0. The fourth-order valence-electron chi connectivity index (χ4n) is 2.40. The minimum Gasteiger partial charge on any atom is -0.497 e. The second kappa shape index (κ2) is 7.61. The third-order valence-electron chi connectivity index (χ3n) is 3.61. The molecule has 0 radical (unpaired) electrons. The zero-order valence-electron chi connectivity index (χ0n) is 14.1. The Hall–Kier alpha value is -3.15. The first-order chi connectivity index (χ1) is 12.2. The minimum absolute atomic E-state index is 0.259. The lowest BCUT2D eigenvalue weighted by atomic mass is 10.2. The first kappa shape index (κ1) is 16.7. The molecule has 2 aromatic rings. The van der Waals surface area contributed by atoms with E-state index in [0.29, 0.717) is 36.1 Å². The van der Waals surface area contributed by atoms with Gasteiger partial charge in [-0.05, 0) is 23.8 Å². The Kier molecular flexibility index (Phi) is 5.09. The summed E-state index contributed by atoms with van der Waals surface area (Å²) in [6.07, 6.45) is 3.17. The molecule has 0 aromatic heterocycles. The lowest BCUT2D eigenvalue weighted by Gasteiger charge is -2.18. The zero-order chi connectivity index (χ0) is 17.6. The zero-order valence-corrected chi connectivity index (χ0v) is 14.1. The van der Waals surface area contributed by atoms with E-state index in [1.807, 2.05) is 18.2 Å². The molecule has 6 nitrogen and oxygen atoms in total. The molecular weight excluding hydrogens is 322 g/mol. The van der Waals surface area contributed by atoms with Crippen LogP contribution in [0.5, 0.6) is 23.0 Å². The van der Waals surface area contributed by atoms with Crippen LogP contribution in [-0.2, 0) is 4.79 Å². The number of carbonyl (C=O) groups is 1. The van der Waals surface area contributed by atoms with E-state index in [-0.39, 0.29) is 5.91 Å². The van der Waals surface area contributed by atoms with E-state index < -0.39 is 0 Å². The van der Waals surface area contributed by atoms with Gasteiger partial charge in [0, 0.05) is 30.0 Å². The lowest BCUT2D eigenvalue weighted by molar-refractivity contribution is -0.111. The topological polar surface area (TPSA) is 66.0 Å². The smallest absolute Gasteiger partial charge is 0.248 e. The van der Waals surface area contributed by atoms with Crippen molar-refractivity contribution in [1.29, 1.82) is 0 Å². The molecule has 1 aliphatic rings. The molecule has 0 atom stereocenters. The summed E-state index contributed by atoms with van der Waals surface area (Å²) < 4.78 is 21.4. The van der Waals surface area contributed by atoms with Crippen LogP contribution in [0.4, 0.5) is 5.69 Å². The van der Waals surface area contributed by atoms with Gasteiger partial charge in [0.05, 0.1) is 14.2 Å². The lowest BCUT2D eigenvalue weighted by Crippen LogP contribution is -2.15. The number of hydrogen-bond acceptors (Lipinski definition) is 5. The quantitative estimate of drug-likeness (QED) is 0.847. The molecular formula is C19H19NO5. The molecule has 2 aromatic carbocycles. The van der Waals surface area contributed by atoms with Crippen LogP contribution in [0.3, 0.4) is 0 Å². The van der Waals surface area contributed by atoms with Gasteiger partial charge in [-0.25, -0.2) is 0 Å². The average Bonchev–Trinajstić information content (AvgIpc) is 2.65. The van der Waals surface area contributed by atoms with Crippen molar-refractivity contribution in [3.05, 3.63) is 48.0 Å². The summed E-state index contributed by atoms with van der Waals surface area (Å²) in [6.45, 7) is 1.08. The van der Waals surface area contributed by atoms with Crippen molar-refractivity contribution in [3.63, 3.8) is 0 Å². The van der Waals surface area contributed by atoms with Crippen LogP contribution in [0.2, 0.25) is 0 Å². The molecule has 0 saturated heterocycles. The van der Waals surface area contributed by atoms with Gasteiger partial charge in [-0.15, -0.1) is 0 Å². The van der Waals surface area contributed by atoms with E-state index in [1.54, 1.807) is 38.5 Å². The Bertz CT molecular complexity index is 778. The number of methoxy groups -OCH3 is 2. The maximum atomic E-state index is 12.1. The molecule has 130 valence electrons. The number of amides is 1. The van der Waals surface area contributed by atoms with Crippen LogP contribution in [-0.4, -0.2) is 33.3 Å². The molecule has 1 N–H and O–H groups in total. The van der Waals surface area contributed by atoms with Gasteiger partial charge in [-0.2, -0.15) is 0 Å². The van der Waals surface area contributed by atoms with Crippen molar-refractivity contribution < 1.29 is 23.7 Å². The Labute approximate surface area is 146 Å².